The van der Waals surface area contributed by atoms with E-state index in [9.17, 15) is 9.59 Å². The fraction of sp³-hybridized carbons (Fsp3) is 0.200. The molecule has 0 aliphatic heterocycles. The van der Waals surface area contributed by atoms with Crippen LogP contribution in [0.3, 0.4) is 0 Å². The number of carbonyl (C=O) groups excluding carboxylic acids is 2. The fourth-order valence-electron chi connectivity index (χ4n) is 1.83. The zero-order valence-corrected chi connectivity index (χ0v) is 12.5. The lowest BCUT2D eigenvalue weighted by Gasteiger charge is -2.10. The number of aromatic nitrogens is 2. The second kappa shape index (κ2) is 6.21. The van der Waals surface area contributed by atoms with Gasteiger partial charge < -0.3 is 15.4 Å². The molecule has 1 heterocycles. The van der Waals surface area contributed by atoms with Gasteiger partial charge in [-0.1, -0.05) is 12.1 Å². The van der Waals surface area contributed by atoms with Gasteiger partial charge in [-0.05, 0) is 12.1 Å². The van der Waals surface area contributed by atoms with E-state index >= 15 is 0 Å². The van der Waals surface area contributed by atoms with Crippen molar-refractivity contribution in [3.05, 3.63) is 41.7 Å². The zero-order chi connectivity index (χ0) is 16.3. The predicted molar refractivity (Wildman–Crippen MR) is 81.2 cm³/mol. The number of nitrogen functional groups attached to an aromatic ring is 1. The van der Waals surface area contributed by atoms with Crippen molar-refractivity contribution in [3.63, 3.8) is 0 Å². The summed E-state index contributed by atoms with van der Waals surface area (Å²) in [4.78, 5) is 33.0. The first-order valence-electron chi connectivity index (χ1n) is 6.47. The molecule has 1 amide bonds. The summed E-state index contributed by atoms with van der Waals surface area (Å²) in [5.41, 5.74) is 7.33. The lowest BCUT2D eigenvalue weighted by atomic mass is 10.1. The maximum Gasteiger partial charge on any atom is 0.360 e. The van der Waals surface area contributed by atoms with E-state index in [4.69, 9.17) is 5.73 Å². The van der Waals surface area contributed by atoms with E-state index in [1.54, 1.807) is 38.4 Å². The summed E-state index contributed by atoms with van der Waals surface area (Å²) in [6.45, 7) is 0. The van der Waals surface area contributed by atoms with Crippen LogP contribution in [0.2, 0.25) is 0 Å². The lowest BCUT2D eigenvalue weighted by molar-refractivity contribution is 0.0595. The van der Waals surface area contributed by atoms with Crippen molar-refractivity contribution in [1.82, 2.24) is 14.9 Å². The Kier molecular flexibility index (Phi) is 4.36. The molecule has 114 valence electrons. The highest BCUT2D eigenvalue weighted by atomic mass is 16.5. The SMILES string of the molecule is COC(=O)c1nc(-c2ccc(C(=O)N(C)C)cc2)cnc1N. The quantitative estimate of drug-likeness (QED) is 0.856. The molecule has 0 bridgehead atoms. The van der Waals surface area contributed by atoms with Crippen LogP contribution in [0.15, 0.2) is 30.5 Å². The van der Waals surface area contributed by atoms with E-state index in [0.29, 0.717) is 16.8 Å². The molecule has 0 aliphatic carbocycles. The first-order chi connectivity index (χ1) is 10.4. The van der Waals surface area contributed by atoms with Gasteiger partial charge in [0.2, 0.25) is 0 Å². The van der Waals surface area contributed by atoms with Gasteiger partial charge in [-0.15, -0.1) is 0 Å². The largest absolute Gasteiger partial charge is 0.464 e. The molecule has 22 heavy (non-hydrogen) atoms. The number of hydrogen-bond donors (Lipinski definition) is 1. The average Bonchev–Trinajstić information content (AvgIpc) is 2.54. The molecule has 0 atom stereocenters. The highest BCUT2D eigenvalue weighted by Crippen LogP contribution is 2.20. The first kappa shape index (κ1) is 15.4. The minimum atomic E-state index is -0.647. The van der Waals surface area contributed by atoms with Crippen molar-refractivity contribution < 1.29 is 14.3 Å². The maximum atomic E-state index is 11.8. The molecule has 7 heteroatoms. The first-order valence-corrected chi connectivity index (χ1v) is 6.47. The van der Waals surface area contributed by atoms with Crippen molar-refractivity contribution >= 4 is 17.7 Å². The van der Waals surface area contributed by atoms with E-state index in [0.717, 1.165) is 0 Å². The smallest absolute Gasteiger partial charge is 0.360 e. The Morgan fingerprint density at radius 3 is 2.36 bits per heavy atom. The number of rotatable bonds is 3. The van der Waals surface area contributed by atoms with Gasteiger partial charge >= 0.3 is 5.97 Å². The third-order valence-electron chi connectivity index (χ3n) is 3.01. The van der Waals surface area contributed by atoms with Crippen LogP contribution in [0, 0.1) is 0 Å². The molecular formula is C15H16N4O3. The van der Waals surface area contributed by atoms with Crippen molar-refractivity contribution in [1.29, 1.82) is 0 Å². The van der Waals surface area contributed by atoms with Crippen LogP contribution in [0.25, 0.3) is 11.3 Å². The monoisotopic (exact) mass is 300 g/mol. The van der Waals surface area contributed by atoms with Crippen LogP contribution in [0.4, 0.5) is 5.82 Å². The molecule has 1 aromatic carbocycles. The Balaban J connectivity index is 2.36. The number of amides is 1. The second-order valence-corrected chi connectivity index (χ2v) is 4.76. The van der Waals surface area contributed by atoms with Gasteiger partial charge in [0.1, 0.15) is 0 Å². The number of carbonyl (C=O) groups is 2. The summed E-state index contributed by atoms with van der Waals surface area (Å²) < 4.78 is 4.61. The van der Waals surface area contributed by atoms with Crippen LogP contribution in [0.1, 0.15) is 20.8 Å². The Hall–Kier alpha value is -2.96. The number of benzene rings is 1. The minimum Gasteiger partial charge on any atom is -0.464 e. The highest BCUT2D eigenvalue weighted by Gasteiger charge is 2.15. The molecule has 0 unspecified atom stereocenters. The summed E-state index contributed by atoms with van der Waals surface area (Å²) in [5.74, 6) is -0.730. The van der Waals surface area contributed by atoms with Gasteiger partial charge in [0.05, 0.1) is 19.0 Å². The molecule has 0 radical (unpaired) electrons. The number of esters is 1. The van der Waals surface area contributed by atoms with Crippen LogP contribution in [-0.4, -0.2) is 47.9 Å². The molecule has 7 nitrogen and oxygen atoms in total. The van der Waals surface area contributed by atoms with Crippen LogP contribution in [0.5, 0.6) is 0 Å². The van der Waals surface area contributed by atoms with Gasteiger partial charge in [-0.3, -0.25) is 4.79 Å². The fourth-order valence-corrected chi connectivity index (χ4v) is 1.83. The Morgan fingerprint density at radius 1 is 1.18 bits per heavy atom. The van der Waals surface area contributed by atoms with E-state index in [2.05, 4.69) is 14.7 Å². The van der Waals surface area contributed by atoms with E-state index in [1.165, 1.54) is 18.2 Å². The number of ether oxygens (including phenoxy) is 1. The molecule has 1 aromatic heterocycles. The normalized spacial score (nSPS) is 10.1. The number of methoxy groups -OCH3 is 1. The second-order valence-electron chi connectivity index (χ2n) is 4.76. The molecule has 0 saturated heterocycles. The molecule has 2 rings (SSSR count). The lowest BCUT2D eigenvalue weighted by Crippen LogP contribution is -2.21. The van der Waals surface area contributed by atoms with Crippen molar-refractivity contribution in [2.75, 3.05) is 26.9 Å². The number of anilines is 1. The molecule has 0 spiro atoms. The molecule has 0 aliphatic rings. The third-order valence-corrected chi connectivity index (χ3v) is 3.01. The van der Waals surface area contributed by atoms with Gasteiger partial charge in [0.15, 0.2) is 11.5 Å². The summed E-state index contributed by atoms with van der Waals surface area (Å²) >= 11 is 0. The Morgan fingerprint density at radius 2 is 1.82 bits per heavy atom. The minimum absolute atomic E-state index is 0.00926. The molecule has 2 N–H and O–H groups in total. The number of nitrogens with zero attached hydrogens (tertiary/aromatic N) is 3. The predicted octanol–water partition coefficient (Wildman–Crippen LogP) is 1.21. The molecular weight excluding hydrogens is 284 g/mol. The number of hydrogen-bond acceptors (Lipinski definition) is 6. The number of nitrogens with two attached hydrogens (primary N) is 1. The van der Waals surface area contributed by atoms with Gasteiger partial charge in [0.25, 0.3) is 5.91 Å². The highest BCUT2D eigenvalue weighted by molar-refractivity contribution is 5.94. The maximum absolute atomic E-state index is 11.8. The standard InChI is InChI=1S/C15H16N4O3/c1-19(2)14(20)10-6-4-9(5-7-10)11-8-17-13(16)12(18-11)15(21)22-3/h4-8H,1-3H3,(H2,16,17). The Labute approximate surface area is 127 Å². The van der Waals surface area contributed by atoms with Gasteiger partial charge in [0, 0.05) is 25.2 Å². The van der Waals surface area contributed by atoms with E-state index in [-0.39, 0.29) is 17.4 Å². The third kappa shape index (κ3) is 3.03. The van der Waals surface area contributed by atoms with Crippen LogP contribution in [-0.2, 0) is 4.74 Å². The van der Waals surface area contributed by atoms with Gasteiger partial charge in [-0.2, -0.15) is 0 Å². The van der Waals surface area contributed by atoms with Crippen LogP contribution >= 0.6 is 0 Å². The summed E-state index contributed by atoms with van der Waals surface area (Å²) in [6.07, 6.45) is 1.46. The molecule has 2 aromatic rings. The van der Waals surface area contributed by atoms with E-state index in [1.807, 2.05) is 0 Å². The average molecular weight is 300 g/mol. The summed E-state index contributed by atoms with van der Waals surface area (Å²) in [7, 11) is 4.62. The summed E-state index contributed by atoms with van der Waals surface area (Å²) in [5, 5.41) is 0. The topological polar surface area (TPSA) is 98.4 Å². The van der Waals surface area contributed by atoms with Crippen LogP contribution < -0.4 is 5.73 Å². The zero-order valence-electron chi connectivity index (χ0n) is 12.5. The molecule has 0 saturated carbocycles. The van der Waals surface area contributed by atoms with Crippen molar-refractivity contribution in [2.24, 2.45) is 0 Å². The van der Waals surface area contributed by atoms with Gasteiger partial charge in [-0.25, -0.2) is 14.8 Å². The molecule has 0 fully saturated rings. The van der Waals surface area contributed by atoms with Crippen molar-refractivity contribution in [3.8, 4) is 11.3 Å². The summed E-state index contributed by atoms with van der Waals surface area (Å²) in [6, 6.07) is 6.84. The van der Waals surface area contributed by atoms with Crippen molar-refractivity contribution in [2.45, 2.75) is 0 Å². The Bertz CT molecular complexity index is 711. The van der Waals surface area contributed by atoms with E-state index < -0.39 is 5.97 Å².